The Balaban J connectivity index is 1.74. The number of amides is 1. The smallest absolute Gasteiger partial charge is 0.277 e. The number of halogens is 1. The number of fused-ring (bicyclic) bond motifs is 1. The van der Waals surface area contributed by atoms with Gasteiger partial charge in [0.1, 0.15) is 17.2 Å². The van der Waals surface area contributed by atoms with Crippen LogP contribution in [-0.2, 0) is 0 Å². The Labute approximate surface area is 196 Å². The normalized spacial score (nSPS) is 15.0. The first kappa shape index (κ1) is 21.1. The van der Waals surface area contributed by atoms with E-state index in [9.17, 15) is 4.79 Å². The molecule has 0 bridgehead atoms. The highest BCUT2D eigenvalue weighted by Crippen LogP contribution is 2.47. The van der Waals surface area contributed by atoms with E-state index < -0.39 is 6.04 Å². The predicted molar refractivity (Wildman–Crippen MR) is 128 cm³/mol. The summed E-state index contributed by atoms with van der Waals surface area (Å²) >= 11 is 6.12. The molecule has 1 N–H and O–H groups in total. The minimum absolute atomic E-state index is 0.166. The third kappa shape index (κ3) is 3.52. The monoisotopic (exact) mass is 459 g/mol. The van der Waals surface area contributed by atoms with Crippen molar-refractivity contribution in [3.63, 3.8) is 0 Å². The number of carbonyl (C=O) groups excluding carboxylic acids is 1. The van der Waals surface area contributed by atoms with Gasteiger partial charge >= 0.3 is 0 Å². The molecule has 0 spiro atoms. The van der Waals surface area contributed by atoms with E-state index >= 15 is 0 Å². The summed E-state index contributed by atoms with van der Waals surface area (Å²) in [5, 5.41) is 8.12. The van der Waals surface area contributed by atoms with Gasteiger partial charge in [0.15, 0.2) is 0 Å². The van der Waals surface area contributed by atoms with Gasteiger partial charge in [0.25, 0.3) is 5.91 Å². The van der Waals surface area contributed by atoms with Crippen LogP contribution in [-0.4, -0.2) is 30.3 Å². The van der Waals surface area contributed by atoms with E-state index in [1.807, 2.05) is 61.5 Å². The summed E-state index contributed by atoms with van der Waals surface area (Å²) in [6, 6.07) is 20.5. The maximum Gasteiger partial charge on any atom is 0.277 e. The number of aromatic amines is 1. The Kier molecular flexibility index (Phi) is 5.30. The average molecular weight is 460 g/mol. The zero-order valence-electron chi connectivity index (χ0n) is 18.4. The molecular formula is C26H22ClN3O3. The summed E-state index contributed by atoms with van der Waals surface area (Å²) in [6.07, 6.45) is 0. The quantitative estimate of drug-likeness (QED) is 0.409. The summed E-state index contributed by atoms with van der Waals surface area (Å²) in [6.45, 7) is 2.04. The number of ether oxygens (including phenoxy) is 2. The van der Waals surface area contributed by atoms with Gasteiger partial charge in [0.2, 0.25) is 0 Å². The first-order chi connectivity index (χ1) is 16.0. The van der Waals surface area contributed by atoms with Gasteiger partial charge in [0.05, 0.1) is 26.0 Å². The number of anilines is 1. The van der Waals surface area contributed by atoms with E-state index in [1.165, 1.54) is 0 Å². The molecule has 166 valence electrons. The largest absolute Gasteiger partial charge is 0.497 e. The standard InChI is InChI=1S/C26H22ClN3O3/c1-15-4-6-16(7-5-15)23-22-24(29-28-23)26(31)30(18-10-8-17(27)9-11-18)25(22)20-13-12-19(32-2)14-21(20)33-3/h4-14,25H,1-3H3,(H,28,29)/t25-/m0/s1. The number of benzene rings is 3. The van der Waals surface area contributed by atoms with Gasteiger partial charge < -0.3 is 9.47 Å². The molecule has 2 heterocycles. The van der Waals surface area contributed by atoms with Crippen LogP contribution in [0.15, 0.2) is 66.7 Å². The molecule has 0 radical (unpaired) electrons. The fourth-order valence-electron chi connectivity index (χ4n) is 4.29. The van der Waals surface area contributed by atoms with E-state index in [4.69, 9.17) is 21.1 Å². The number of H-pyrrole nitrogens is 1. The maximum absolute atomic E-state index is 13.6. The summed E-state index contributed by atoms with van der Waals surface area (Å²) in [7, 11) is 3.22. The molecule has 6 nitrogen and oxygen atoms in total. The average Bonchev–Trinajstić information content (AvgIpc) is 3.39. The molecule has 0 aliphatic carbocycles. The number of hydrogen-bond donors (Lipinski definition) is 1. The highest BCUT2D eigenvalue weighted by atomic mass is 35.5. The summed E-state index contributed by atoms with van der Waals surface area (Å²) in [5.41, 5.74) is 5.64. The van der Waals surface area contributed by atoms with Gasteiger partial charge in [-0.2, -0.15) is 5.10 Å². The van der Waals surface area contributed by atoms with Gasteiger partial charge in [-0.1, -0.05) is 41.4 Å². The molecule has 0 unspecified atom stereocenters. The van der Waals surface area contributed by atoms with Gasteiger partial charge in [-0.3, -0.25) is 14.8 Å². The summed E-state index contributed by atoms with van der Waals surface area (Å²) in [5.74, 6) is 1.13. The molecule has 5 rings (SSSR count). The molecule has 0 saturated heterocycles. The Hall–Kier alpha value is -3.77. The minimum Gasteiger partial charge on any atom is -0.497 e. The van der Waals surface area contributed by atoms with E-state index in [2.05, 4.69) is 10.2 Å². The molecule has 1 aromatic heterocycles. The Morgan fingerprint density at radius 2 is 1.70 bits per heavy atom. The number of hydrogen-bond acceptors (Lipinski definition) is 4. The van der Waals surface area contributed by atoms with Crippen LogP contribution in [0.4, 0.5) is 5.69 Å². The fourth-order valence-corrected chi connectivity index (χ4v) is 4.41. The molecule has 33 heavy (non-hydrogen) atoms. The summed E-state index contributed by atoms with van der Waals surface area (Å²) in [4.78, 5) is 15.4. The molecule has 7 heteroatoms. The van der Waals surface area contributed by atoms with Crippen molar-refractivity contribution >= 4 is 23.2 Å². The lowest BCUT2D eigenvalue weighted by Crippen LogP contribution is -2.29. The van der Waals surface area contributed by atoms with Crippen LogP contribution < -0.4 is 14.4 Å². The number of rotatable bonds is 5. The fraction of sp³-hybridized carbons (Fsp3) is 0.154. The van der Waals surface area contributed by atoms with Crippen LogP contribution in [0.25, 0.3) is 11.3 Å². The van der Waals surface area contributed by atoms with Crippen molar-refractivity contribution in [1.82, 2.24) is 10.2 Å². The second-order valence-electron chi connectivity index (χ2n) is 7.89. The lowest BCUT2D eigenvalue weighted by Gasteiger charge is -2.28. The SMILES string of the molecule is COc1ccc([C@H]2c3c(-c4ccc(C)cc4)n[nH]c3C(=O)N2c2ccc(Cl)cc2)c(OC)c1. The minimum atomic E-state index is -0.454. The van der Waals surface area contributed by atoms with Crippen LogP contribution in [0.2, 0.25) is 5.02 Å². The first-order valence-corrected chi connectivity index (χ1v) is 10.9. The van der Waals surface area contributed by atoms with Gasteiger partial charge in [-0.05, 0) is 43.3 Å². The van der Waals surface area contributed by atoms with Crippen molar-refractivity contribution < 1.29 is 14.3 Å². The second kappa shape index (κ2) is 8.30. The van der Waals surface area contributed by atoms with Crippen molar-refractivity contribution in [3.05, 3.63) is 94.1 Å². The van der Waals surface area contributed by atoms with E-state index in [1.54, 1.807) is 31.3 Å². The van der Waals surface area contributed by atoms with E-state index in [0.717, 1.165) is 33.6 Å². The van der Waals surface area contributed by atoms with Crippen molar-refractivity contribution in [2.75, 3.05) is 19.1 Å². The molecule has 1 atom stereocenters. The number of methoxy groups -OCH3 is 2. The number of nitrogens with one attached hydrogen (secondary N) is 1. The highest BCUT2D eigenvalue weighted by molar-refractivity contribution is 6.30. The van der Waals surface area contributed by atoms with Crippen molar-refractivity contribution in [3.8, 4) is 22.8 Å². The van der Waals surface area contributed by atoms with E-state index in [-0.39, 0.29) is 5.91 Å². The zero-order chi connectivity index (χ0) is 23.1. The maximum atomic E-state index is 13.6. The van der Waals surface area contributed by atoms with Gasteiger partial charge in [-0.15, -0.1) is 0 Å². The highest BCUT2D eigenvalue weighted by Gasteiger charge is 2.44. The molecule has 0 saturated carbocycles. The van der Waals surface area contributed by atoms with Crippen molar-refractivity contribution in [2.24, 2.45) is 0 Å². The molecule has 1 aliphatic heterocycles. The van der Waals surface area contributed by atoms with Crippen LogP contribution in [0, 0.1) is 6.92 Å². The van der Waals surface area contributed by atoms with Crippen LogP contribution in [0.5, 0.6) is 11.5 Å². The zero-order valence-corrected chi connectivity index (χ0v) is 19.2. The predicted octanol–water partition coefficient (Wildman–Crippen LogP) is 5.81. The molecular weight excluding hydrogens is 438 g/mol. The van der Waals surface area contributed by atoms with Crippen LogP contribution >= 0.6 is 11.6 Å². The summed E-state index contributed by atoms with van der Waals surface area (Å²) < 4.78 is 11.1. The van der Waals surface area contributed by atoms with Gasteiger partial charge in [-0.25, -0.2) is 0 Å². The van der Waals surface area contributed by atoms with Crippen molar-refractivity contribution in [2.45, 2.75) is 13.0 Å². The lowest BCUT2D eigenvalue weighted by atomic mass is 9.94. The molecule has 4 aromatic rings. The van der Waals surface area contributed by atoms with Crippen molar-refractivity contribution in [1.29, 1.82) is 0 Å². The number of aromatic nitrogens is 2. The number of aryl methyl sites for hydroxylation is 1. The van der Waals surface area contributed by atoms with Crippen LogP contribution in [0.3, 0.4) is 0 Å². The van der Waals surface area contributed by atoms with Crippen LogP contribution in [0.1, 0.15) is 33.2 Å². The topological polar surface area (TPSA) is 67.5 Å². The molecule has 1 amide bonds. The molecule has 0 fully saturated rings. The Morgan fingerprint density at radius 3 is 2.36 bits per heavy atom. The van der Waals surface area contributed by atoms with E-state index in [0.29, 0.717) is 22.2 Å². The molecule has 1 aliphatic rings. The first-order valence-electron chi connectivity index (χ1n) is 10.5. The third-order valence-electron chi connectivity index (χ3n) is 5.93. The number of nitrogens with zero attached hydrogens (tertiary/aromatic N) is 2. The molecule has 3 aromatic carbocycles. The Morgan fingerprint density at radius 1 is 0.970 bits per heavy atom. The Bertz CT molecular complexity index is 1330. The second-order valence-corrected chi connectivity index (χ2v) is 8.33. The third-order valence-corrected chi connectivity index (χ3v) is 6.19. The number of carbonyl (C=O) groups is 1. The van der Waals surface area contributed by atoms with Gasteiger partial charge in [0, 0.05) is 33.5 Å². The lowest BCUT2D eigenvalue weighted by molar-refractivity contribution is 0.0988.